The van der Waals surface area contributed by atoms with E-state index in [9.17, 15) is 4.79 Å². The van der Waals surface area contributed by atoms with Crippen molar-refractivity contribution >= 4 is 5.91 Å². The van der Waals surface area contributed by atoms with Gasteiger partial charge >= 0.3 is 0 Å². The third-order valence-corrected chi connectivity index (χ3v) is 2.99. The molecule has 1 saturated heterocycles. The monoisotopic (exact) mass is 234 g/mol. The fraction of sp³-hybridized carbons (Fsp3) is 0.462. The van der Waals surface area contributed by atoms with Crippen molar-refractivity contribution in [3.63, 3.8) is 0 Å². The molecule has 17 heavy (non-hydrogen) atoms. The summed E-state index contributed by atoms with van der Waals surface area (Å²) in [6, 6.07) is 8.38. The molecular formula is C13H18N2O2. The average Bonchev–Trinajstić information content (AvgIpc) is 2.38. The highest BCUT2D eigenvalue weighted by Crippen LogP contribution is 2.13. The summed E-state index contributed by atoms with van der Waals surface area (Å²) in [7, 11) is 1.67. The molecule has 2 N–H and O–H groups in total. The van der Waals surface area contributed by atoms with Gasteiger partial charge in [-0.25, -0.2) is 0 Å². The first-order valence-electron chi connectivity index (χ1n) is 5.91. The second-order valence-corrected chi connectivity index (χ2v) is 4.27. The van der Waals surface area contributed by atoms with Gasteiger partial charge in [-0.3, -0.25) is 4.79 Å². The van der Waals surface area contributed by atoms with E-state index in [1.54, 1.807) is 7.11 Å². The van der Waals surface area contributed by atoms with Gasteiger partial charge in [-0.05, 0) is 24.1 Å². The molecule has 0 radical (unpaired) electrons. The van der Waals surface area contributed by atoms with Crippen LogP contribution < -0.4 is 15.4 Å². The summed E-state index contributed by atoms with van der Waals surface area (Å²) in [6.07, 6.45) is 1.53. The predicted octanol–water partition coefficient (Wildman–Crippen LogP) is 1.06. The molecule has 1 aromatic rings. The lowest BCUT2D eigenvalue weighted by Crippen LogP contribution is -2.45. The van der Waals surface area contributed by atoms with Crippen LogP contribution in [-0.4, -0.2) is 25.6 Å². The lowest BCUT2D eigenvalue weighted by molar-refractivity contribution is -0.122. The number of hydrogen-bond acceptors (Lipinski definition) is 3. The maximum absolute atomic E-state index is 11.0. The maximum Gasteiger partial charge on any atom is 0.220 e. The molecule has 1 unspecified atom stereocenters. The van der Waals surface area contributed by atoms with Crippen molar-refractivity contribution in [2.24, 2.45) is 0 Å². The number of benzene rings is 1. The number of rotatable bonds is 4. The molecule has 0 saturated carbocycles. The first-order valence-corrected chi connectivity index (χ1v) is 5.91. The quantitative estimate of drug-likeness (QED) is 0.819. The number of amides is 1. The Labute approximate surface area is 101 Å². The Balaban J connectivity index is 1.82. The molecule has 1 aliphatic rings. The fourth-order valence-corrected chi connectivity index (χ4v) is 1.95. The number of hydrogen-bond donors (Lipinski definition) is 2. The highest BCUT2D eigenvalue weighted by molar-refractivity contribution is 5.76. The predicted molar refractivity (Wildman–Crippen MR) is 65.9 cm³/mol. The summed E-state index contributed by atoms with van der Waals surface area (Å²) >= 11 is 0. The van der Waals surface area contributed by atoms with Gasteiger partial charge in [0.15, 0.2) is 0 Å². The molecule has 4 heteroatoms. The molecule has 1 aliphatic heterocycles. The second-order valence-electron chi connectivity index (χ2n) is 4.27. The number of piperidine rings is 1. The SMILES string of the molecule is COc1cccc(CNC2CCC(=O)NC2)c1. The lowest BCUT2D eigenvalue weighted by Gasteiger charge is -2.23. The number of ether oxygens (including phenoxy) is 1. The van der Waals surface area contributed by atoms with E-state index >= 15 is 0 Å². The molecule has 0 spiro atoms. The first-order chi connectivity index (χ1) is 8.28. The van der Waals surface area contributed by atoms with E-state index in [2.05, 4.69) is 16.7 Å². The van der Waals surface area contributed by atoms with E-state index in [0.29, 0.717) is 12.5 Å². The zero-order valence-electron chi connectivity index (χ0n) is 10.0. The van der Waals surface area contributed by atoms with Gasteiger partial charge in [0.25, 0.3) is 0 Å². The molecular weight excluding hydrogens is 216 g/mol. The fourth-order valence-electron chi connectivity index (χ4n) is 1.95. The van der Waals surface area contributed by atoms with Crippen LogP contribution in [0, 0.1) is 0 Å². The average molecular weight is 234 g/mol. The molecule has 92 valence electrons. The van der Waals surface area contributed by atoms with E-state index in [1.807, 2.05) is 18.2 Å². The normalized spacial score (nSPS) is 19.8. The van der Waals surface area contributed by atoms with Crippen LogP contribution in [0.25, 0.3) is 0 Å². The van der Waals surface area contributed by atoms with Crippen LogP contribution in [-0.2, 0) is 11.3 Å². The Hall–Kier alpha value is -1.55. The third-order valence-electron chi connectivity index (χ3n) is 2.99. The second kappa shape index (κ2) is 5.68. The maximum atomic E-state index is 11.0. The Bertz CT molecular complexity index is 383. The minimum Gasteiger partial charge on any atom is -0.497 e. The lowest BCUT2D eigenvalue weighted by atomic mass is 10.1. The number of carbonyl (C=O) groups excluding carboxylic acids is 1. The van der Waals surface area contributed by atoms with E-state index in [0.717, 1.165) is 25.3 Å². The van der Waals surface area contributed by atoms with Gasteiger partial charge in [0, 0.05) is 25.6 Å². The summed E-state index contributed by atoms with van der Waals surface area (Å²) in [4.78, 5) is 11.0. The largest absolute Gasteiger partial charge is 0.497 e. The van der Waals surface area contributed by atoms with Gasteiger partial charge in [-0.2, -0.15) is 0 Å². The molecule has 1 aromatic carbocycles. The van der Waals surface area contributed by atoms with Crippen molar-refractivity contribution in [1.82, 2.24) is 10.6 Å². The zero-order chi connectivity index (χ0) is 12.1. The molecule has 1 atom stereocenters. The Kier molecular flexibility index (Phi) is 3.98. The van der Waals surface area contributed by atoms with Gasteiger partial charge in [-0.15, -0.1) is 0 Å². The van der Waals surface area contributed by atoms with Gasteiger partial charge in [0.2, 0.25) is 5.91 Å². The molecule has 1 fully saturated rings. The smallest absolute Gasteiger partial charge is 0.220 e. The minimum absolute atomic E-state index is 0.157. The Morgan fingerprint density at radius 1 is 1.53 bits per heavy atom. The highest BCUT2D eigenvalue weighted by Gasteiger charge is 2.16. The van der Waals surface area contributed by atoms with Crippen LogP contribution in [0.1, 0.15) is 18.4 Å². The number of methoxy groups -OCH3 is 1. The van der Waals surface area contributed by atoms with Gasteiger partial charge < -0.3 is 15.4 Å². The van der Waals surface area contributed by atoms with E-state index in [1.165, 1.54) is 5.56 Å². The van der Waals surface area contributed by atoms with Crippen LogP contribution in [0.4, 0.5) is 0 Å². The summed E-state index contributed by atoms with van der Waals surface area (Å²) in [6.45, 7) is 1.53. The van der Waals surface area contributed by atoms with Gasteiger partial charge in [0.1, 0.15) is 5.75 Å². The van der Waals surface area contributed by atoms with Crippen molar-refractivity contribution in [2.75, 3.05) is 13.7 Å². The summed E-state index contributed by atoms with van der Waals surface area (Å²) in [5, 5.41) is 6.30. The Morgan fingerprint density at radius 3 is 3.12 bits per heavy atom. The van der Waals surface area contributed by atoms with Crippen LogP contribution in [0.3, 0.4) is 0 Å². The minimum atomic E-state index is 0.157. The van der Waals surface area contributed by atoms with E-state index < -0.39 is 0 Å². The van der Waals surface area contributed by atoms with Crippen molar-refractivity contribution < 1.29 is 9.53 Å². The standard InChI is InChI=1S/C13H18N2O2/c1-17-12-4-2-3-10(7-12)8-14-11-5-6-13(16)15-9-11/h2-4,7,11,14H,5-6,8-9H2,1H3,(H,15,16). The summed E-state index contributed by atoms with van der Waals surface area (Å²) in [5.41, 5.74) is 1.20. The van der Waals surface area contributed by atoms with Crippen LogP contribution in [0.2, 0.25) is 0 Å². The van der Waals surface area contributed by atoms with E-state index in [4.69, 9.17) is 4.74 Å². The van der Waals surface area contributed by atoms with Gasteiger partial charge in [-0.1, -0.05) is 12.1 Å². The molecule has 1 heterocycles. The molecule has 2 rings (SSSR count). The van der Waals surface area contributed by atoms with Crippen LogP contribution >= 0.6 is 0 Å². The van der Waals surface area contributed by atoms with Crippen molar-refractivity contribution in [2.45, 2.75) is 25.4 Å². The summed E-state index contributed by atoms with van der Waals surface area (Å²) < 4.78 is 5.18. The Morgan fingerprint density at radius 2 is 2.41 bits per heavy atom. The van der Waals surface area contributed by atoms with E-state index in [-0.39, 0.29) is 5.91 Å². The van der Waals surface area contributed by atoms with Gasteiger partial charge in [0.05, 0.1) is 7.11 Å². The van der Waals surface area contributed by atoms with Crippen LogP contribution in [0.5, 0.6) is 5.75 Å². The molecule has 0 bridgehead atoms. The summed E-state index contributed by atoms with van der Waals surface area (Å²) in [5.74, 6) is 1.03. The van der Waals surface area contributed by atoms with Crippen molar-refractivity contribution in [3.05, 3.63) is 29.8 Å². The topological polar surface area (TPSA) is 50.4 Å². The van der Waals surface area contributed by atoms with Crippen molar-refractivity contribution in [1.29, 1.82) is 0 Å². The molecule has 0 aliphatic carbocycles. The molecule has 1 amide bonds. The third kappa shape index (κ3) is 3.46. The number of carbonyl (C=O) groups is 1. The molecule has 0 aromatic heterocycles. The van der Waals surface area contributed by atoms with Crippen molar-refractivity contribution in [3.8, 4) is 5.75 Å². The highest BCUT2D eigenvalue weighted by atomic mass is 16.5. The first kappa shape index (κ1) is 11.9. The number of nitrogens with one attached hydrogen (secondary N) is 2. The molecule has 4 nitrogen and oxygen atoms in total. The van der Waals surface area contributed by atoms with Crippen LogP contribution in [0.15, 0.2) is 24.3 Å². The zero-order valence-corrected chi connectivity index (χ0v) is 10.0.